The number of aryl methyl sites for hydroxylation is 1. The van der Waals surface area contributed by atoms with Gasteiger partial charge < -0.3 is 15.2 Å². The molecule has 2 rings (SSSR count). The number of carbonyl (C=O) groups is 2. The maximum absolute atomic E-state index is 11.8. The predicted octanol–water partition coefficient (Wildman–Crippen LogP) is 1.66. The second kappa shape index (κ2) is 5.01. The van der Waals surface area contributed by atoms with Gasteiger partial charge in [-0.15, -0.1) is 11.3 Å². The number of amides is 2. The van der Waals surface area contributed by atoms with Crippen LogP contribution in [0, 0.1) is 6.92 Å². The monoisotopic (exact) mass is 265 g/mol. The van der Waals surface area contributed by atoms with Crippen molar-refractivity contribution in [3.63, 3.8) is 0 Å². The van der Waals surface area contributed by atoms with Crippen molar-refractivity contribution in [2.75, 3.05) is 12.4 Å². The zero-order valence-corrected chi connectivity index (χ0v) is 10.6. The summed E-state index contributed by atoms with van der Waals surface area (Å²) in [6, 6.07) is 3.18. The standard InChI is InChI=1S/C11H11N3O3S/c1-6-5-8(14-17-6)10(16)13-11-7(3-4-18-11)9(15)12-2/h3-5H,1-2H3,(H,12,15)(H,13,16). The lowest BCUT2D eigenvalue weighted by molar-refractivity contribution is 0.0964. The molecule has 0 radical (unpaired) electrons. The molecule has 0 bridgehead atoms. The van der Waals surface area contributed by atoms with Gasteiger partial charge in [-0.3, -0.25) is 9.59 Å². The van der Waals surface area contributed by atoms with Crippen LogP contribution in [0.2, 0.25) is 0 Å². The number of nitrogens with one attached hydrogen (secondary N) is 2. The highest BCUT2D eigenvalue weighted by Gasteiger charge is 2.16. The fourth-order valence-electron chi connectivity index (χ4n) is 1.36. The van der Waals surface area contributed by atoms with Crippen LogP contribution in [0.5, 0.6) is 0 Å². The number of nitrogens with zero attached hydrogens (tertiary/aromatic N) is 1. The summed E-state index contributed by atoms with van der Waals surface area (Å²) in [5.74, 6) is -0.0970. The molecule has 0 aromatic carbocycles. The van der Waals surface area contributed by atoms with E-state index in [9.17, 15) is 9.59 Å². The highest BCUT2D eigenvalue weighted by Crippen LogP contribution is 2.23. The summed E-state index contributed by atoms with van der Waals surface area (Å²) in [6.07, 6.45) is 0. The topological polar surface area (TPSA) is 84.2 Å². The third kappa shape index (κ3) is 2.40. The molecule has 0 spiro atoms. The van der Waals surface area contributed by atoms with Crippen molar-refractivity contribution < 1.29 is 14.1 Å². The van der Waals surface area contributed by atoms with Crippen LogP contribution in [0.4, 0.5) is 5.00 Å². The van der Waals surface area contributed by atoms with E-state index in [2.05, 4.69) is 15.8 Å². The number of rotatable bonds is 3. The van der Waals surface area contributed by atoms with Crippen LogP contribution in [0.3, 0.4) is 0 Å². The molecule has 0 fully saturated rings. The molecule has 94 valence electrons. The summed E-state index contributed by atoms with van der Waals surface area (Å²) in [7, 11) is 1.53. The minimum atomic E-state index is -0.403. The first-order valence-corrected chi connectivity index (χ1v) is 6.04. The Balaban J connectivity index is 2.17. The molecule has 0 aliphatic carbocycles. The quantitative estimate of drug-likeness (QED) is 0.883. The van der Waals surface area contributed by atoms with Crippen molar-refractivity contribution in [2.45, 2.75) is 6.92 Å². The Hall–Kier alpha value is -2.15. The average Bonchev–Trinajstić information content (AvgIpc) is 2.97. The lowest BCUT2D eigenvalue weighted by atomic mass is 10.3. The first-order valence-electron chi connectivity index (χ1n) is 5.16. The van der Waals surface area contributed by atoms with E-state index < -0.39 is 5.91 Å². The summed E-state index contributed by atoms with van der Waals surface area (Å²) < 4.78 is 4.82. The maximum atomic E-state index is 11.8. The van der Waals surface area contributed by atoms with E-state index in [1.54, 1.807) is 18.4 Å². The van der Waals surface area contributed by atoms with Gasteiger partial charge >= 0.3 is 0 Å². The van der Waals surface area contributed by atoms with E-state index in [1.807, 2.05) is 0 Å². The highest BCUT2D eigenvalue weighted by molar-refractivity contribution is 7.14. The zero-order valence-electron chi connectivity index (χ0n) is 9.81. The zero-order chi connectivity index (χ0) is 13.1. The molecule has 0 atom stereocenters. The van der Waals surface area contributed by atoms with Crippen molar-refractivity contribution in [1.82, 2.24) is 10.5 Å². The molecular formula is C11H11N3O3S. The number of hydrogen-bond acceptors (Lipinski definition) is 5. The third-order valence-corrected chi connectivity index (χ3v) is 3.05. The number of hydrogen-bond donors (Lipinski definition) is 2. The van der Waals surface area contributed by atoms with Gasteiger partial charge in [0.05, 0.1) is 5.56 Å². The van der Waals surface area contributed by atoms with E-state index in [0.29, 0.717) is 16.3 Å². The third-order valence-electron chi connectivity index (χ3n) is 2.22. The summed E-state index contributed by atoms with van der Waals surface area (Å²) in [4.78, 5) is 23.4. The summed E-state index contributed by atoms with van der Waals surface area (Å²) in [5.41, 5.74) is 0.611. The number of carbonyl (C=O) groups excluding carboxylic acids is 2. The Morgan fingerprint density at radius 1 is 1.39 bits per heavy atom. The molecule has 7 heteroatoms. The van der Waals surface area contributed by atoms with Crippen molar-refractivity contribution in [3.05, 3.63) is 34.5 Å². The van der Waals surface area contributed by atoms with Gasteiger partial charge in [0.25, 0.3) is 11.8 Å². The molecule has 0 saturated carbocycles. The van der Waals surface area contributed by atoms with Crippen LogP contribution >= 0.6 is 11.3 Å². The Kier molecular flexibility index (Phi) is 3.42. The van der Waals surface area contributed by atoms with Gasteiger partial charge in [0.1, 0.15) is 10.8 Å². The molecule has 6 nitrogen and oxygen atoms in total. The van der Waals surface area contributed by atoms with Crippen LogP contribution < -0.4 is 10.6 Å². The summed E-state index contributed by atoms with van der Waals surface area (Å²) >= 11 is 1.27. The fraction of sp³-hybridized carbons (Fsp3) is 0.182. The van der Waals surface area contributed by atoms with E-state index >= 15 is 0 Å². The van der Waals surface area contributed by atoms with Gasteiger partial charge in [0.2, 0.25) is 0 Å². The minimum absolute atomic E-state index is 0.184. The smallest absolute Gasteiger partial charge is 0.278 e. The van der Waals surface area contributed by atoms with E-state index in [1.165, 1.54) is 24.5 Å². The Morgan fingerprint density at radius 2 is 2.17 bits per heavy atom. The largest absolute Gasteiger partial charge is 0.361 e. The molecule has 0 aliphatic heterocycles. The highest BCUT2D eigenvalue weighted by atomic mass is 32.1. The predicted molar refractivity (Wildman–Crippen MR) is 66.9 cm³/mol. The van der Waals surface area contributed by atoms with Crippen molar-refractivity contribution in [1.29, 1.82) is 0 Å². The molecule has 2 aromatic rings. The molecular weight excluding hydrogens is 254 g/mol. The normalized spacial score (nSPS) is 10.1. The van der Waals surface area contributed by atoms with Crippen LogP contribution in [0.1, 0.15) is 26.6 Å². The van der Waals surface area contributed by atoms with E-state index in [4.69, 9.17) is 4.52 Å². The molecule has 0 saturated heterocycles. The number of thiophene rings is 1. The first kappa shape index (κ1) is 12.3. The van der Waals surface area contributed by atoms with Crippen LogP contribution in [-0.4, -0.2) is 24.0 Å². The van der Waals surface area contributed by atoms with Crippen LogP contribution in [0.25, 0.3) is 0 Å². The van der Waals surface area contributed by atoms with Gasteiger partial charge in [-0.1, -0.05) is 5.16 Å². The van der Waals surface area contributed by atoms with Crippen LogP contribution in [0.15, 0.2) is 22.0 Å². The van der Waals surface area contributed by atoms with E-state index in [-0.39, 0.29) is 11.6 Å². The fourth-order valence-corrected chi connectivity index (χ4v) is 2.14. The van der Waals surface area contributed by atoms with Gasteiger partial charge in [0.15, 0.2) is 5.69 Å². The second-order valence-electron chi connectivity index (χ2n) is 3.52. The Bertz CT molecular complexity index is 588. The van der Waals surface area contributed by atoms with Gasteiger partial charge in [-0.25, -0.2) is 0 Å². The Labute approximate surface area is 107 Å². The Morgan fingerprint density at radius 3 is 2.78 bits per heavy atom. The molecule has 2 amide bonds. The lowest BCUT2D eigenvalue weighted by Crippen LogP contribution is -2.20. The van der Waals surface area contributed by atoms with E-state index in [0.717, 1.165) is 0 Å². The first-order chi connectivity index (χ1) is 8.61. The lowest BCUT2D eigenvalue weighted by Gasteiger charge is -2.03. The van der Waals surface area contributed by atoms with Gasteiger partial charge in [-0.2, -0.15) is 0 Å². The maximum Gasteiger partial charge on any atom is 0.278 e. The number of aromatic nitrogens is 1. The molecule has 2 heterocycles. The second-order valence-corrected chi connectivity index (χ2v) is 4.44. The SMILES string of the molecule is CNC(=O)c1ccsc1NC(=O)c1cc(C)on1. The average molecular weight is 265 g/mol. The van der Waals surface area contributed by atoms with Crippen molar-refractivity contribution in [2.24, 2.45) is 0 Å². The van der Waals surface area contributed by atoms with Crippen molar-refractivity contribution >= 4 is 28.2 Å². The molecule has 2 aromatic heterocycles. The van der Waals surface area contributed by atoms with Crippen molar-refractivity contribution in [3.8, 4) is 0 Å². The number of anilines is 1. The van der Waals surface area contributed by atoms with Gasteiger partial charge in [-0.05, 0) is 18.4 Å². The molecule has 0 aliphatic rings. The van der Waals surface area contributed by atoms with Crippen LogP contribution in [-0.2, 0) is 0 Å². The minimum Gasteiger partial charge on any atom is -0.361 e. The molecule has 0 unspecified atom stereocenters. The molecule has 2 N–H and O–H groups in total. The van der Waals surface area contributed by atoms with Gasteiger partial charge in [0, 0.05) is 13.1 Å². The summed E-state index contributed by atoms with van der Waals surface area (Å²) in [6.45, 7) is 1.70. The summed E-state index contributed by atoms with van der Waals surface area (Å²) in [5, 5.41) is 11.0. The molecule has 18 heavy (non-hydrogen) atoms.